The average Bonchev–Trinajstić information content (AvgIpc) is 3.30. The summed E-state index contributed by atoms with van der Waals surface area (Å²) in [6.45, 7) is 4.81. The topological polar surface area (TPSA) is 46.1 Å². The van der Waals surface area contributed by atoms with Crippen LogP contribution in [0.3, 0.4) is 0 Å². The van der Waals surface area contributed by atoms with E-state index >= 15 is 0 Å². The second-order valence-electron chi connectivity index (χ2n) is 7.36. The fourth-order valence-electron chi connectivity index (χ4n) is 3.67. The first-order valence-electron chi connectivity index (χ1n) is 9.45. The maximum atomic E-state index is 13.6. The summed E-state index contributed by atoms with van der Waals surface area (Å²) in [4.78, 5) is 6.75. The predicted molar refractivity (Wildman–Crippen MR) is 101 cm³/mol. The summed E-state index contributed by atoms with van der Waals surface area (Å²) in [5.74, 6) is 1.31. The monoisotopic (exact) mass is 363 g/mol. The molecule has 26 heavy (non-hydrogen) atoms. The molecule has 1 saturated carbocycles. The summed E-state index contributed by atoms with van der Waals surface area (Å²) in [6.07, 6.45) is 3.30. The normalized spacial score (nSPS) is 21.9. The summed E-state index contributed by atoms with van der Waals surface area (Å²) in [5.41, 5.74) is 1.15. The average molecular weight is 363 g/mol. The Morgan fingerprint density at radius 2 is 2.23 bits per heavy atom. The van der Waals surface area contributed by atoms with Crippen molar-refractivity contribution in [2.75, 3.05) is 53.6 Å². The van der Waals surface area contributed by atoms with Crippen LogP contribution in [-0.2, 0) is 14.9 Å². The predicted octanol–water partition coefficient (Wildman–Crippen LogP) is 2.42. The fraction of sp³-hybridized carbons (Fsp3) is 0.650. The number of ether oxygens (including phenoxy) is 2. The molecule has 1 unspecified atom stereocenters. The number of halogens is 1. The SMILES string of the molecule is CN=C(NCC1(c2cccc(F)c2)CC1)N1CCC(COCCOC)C1. The first-order chi connectivity index (χ1) is 12.7. The Morgan fingerprint density at radius 1 is 1.38 bits per heavy atom. The molecule has 2 fully saturated rings. The van der Waals surface area contributed by atoms with E-state index in [9.17, 15) is 4.39 Å². The first-order valence-corrected chi connectivity index (χ1v) is 9.45. The van der Waals surface area contributed by atoms with Crippen molar-refractivity contribution < 1.29 is 13.9 Å². The van der Waals surface area contributed by atoms with Crippen LogP contribution >= 0.6 is 0 Å². The molecule has 0 amide bonds. The number of nitrogens with zero attached hydrogens (tertiary/aromatic N) is 2. The molecule has 144 valence electrons. The van der Waals surface area contributed by atoms with Crippen LogP contribution in [-0.4, -0.2) is 64.5 Å². The Labute approximate surface area is 155 Å². The summed E-state index contributed by atoms with van der Waals surface area (Å²) in [5, 5.41) is 3.52. The molecule has 1 saturated heterocycles. The molecule has 0 radical (unpaired) electrons. The number of methoxy groups -OCH3 is 1. The van der Waals surface area contributed by atoms with Gasteiger partial charge >= 0.3 is 0 Å². The molecule has 2 aliphatic rings. The molecular weight excluding hydrogens is 333 g/mol. The van der Waals surface area contributed by atoms with Gasteiger partial charge in [0, 0.05) is 45.1 Å². The van der Waals surface area contributed by atoms with Crippen LogP contribution in [0.4, 0.5) is 4.39 Å². The van der Waals surface area contributed by atoms with Crippen molar-refractivity contribution in [2.45, 2.75) is 24.7 Å². The number of rotatable bonds is 8. The zero-order valence-corrected chi connectivity index (χ0v) is 15.8. The van der Waals surface area contributed by atoms with E-state index < -0.39 is 0 Å². The van der Waals surface area contributed by atoms with Gasteiger partial charge in [-0.05, 0) is 37.0 Å². The van der Waals surface area contributed by atoms with Gasteiger partial charge in [0.25, 0.3) is 0 Å². The zero-order chi connectivity index (χ0) is 18.4. The lowest BCUT2D eigenvalue weighted by Crippen LogP contribution is -2.43. The van der Waals surface area contributed by atoms with E-state index in [2.05, 4.69) is 15.2 Å². The Balaban J connectivity index is 1.48. The van der Waals surface area contributed by atoms with Gasteiger partial charge in [-0.2, -0.15) is 0 Å². The van der Waals surface area contributed by atoms with Gasteiger partial charge in [-0.15, -0.1) is 0 Å². The van der Waals surface area contributed by atoms with Gasteiger partial charge in [-0.3, -0.25) is 4.99 Å². The number of hydrogen-bond donors (Lipinski definition) is 1. The minimum Gasteiger partial charge on any atom is -0.382 e. The minimum absolute atomic E-state index is 0.0560. The molecule has 1 N–H and O–H groups in total. The minimum atomic E-state index is -0.158. The molecule has 1 heterocycles. The highest BCUT2D eigenvalue weighted by molar-refractivity contribution is 5.80. The molecule has 5 nitrogen and oxygen atoms in total. The zero-order valence-electron chi connectivity index (χ0n) is 15.8. The van der Waals surface area contributed by atoms with Gasteiger partial charge in [0.2, 0.25) is 0 Å². The lowest BCUT2D eigenvalue weighted by atomic mass is 9.96. The van der Waals surface area contributed by atoms with Crippen molar-refractivity contribution in [3.63, 3.8) is 0 Å². The highest BCUT2D eigenvalue weighted by Gasteiger charge is 2.44. The quantitative estimate of drug-likeness (QED) is 0.438. The largest absolute Gasteiger partial charge is 0.382 e. The Morgan fingerprint density at radius 3 is 2.92 bits per heavy atom. The van der Waals surface area contributed by atoms with Crippen LogP contribution in [0, 0.1) is 11.7 Å². The number of nitrogens with one attached hydrogen (secondary N) is 1. The second-order valence-corrected chi connectivity index (χ2v) is 7.36. The summed E-state index contributed by atoms with van der Waals surface area (Å²) in [6, 6.07) is 7.00. The van der Waals surface area contributed by atoms with Crippen molar-refractivity contribution in [1.82, 2.24) is 10.2 Å². The van der Waals surface area contributed by atoms with Crippen LogP contribution in [0.5, 0.6) is 0 Å². The molecular formula is C20H30FN3O2. The highest BCUT2D eigenvalue weighted by atomic mass is 19.1. The van der Waals surface area contributed by atoms with E-state index in [4.69, 9.17) is 9.47 Å². The first kappa shape index (κ1) is 19.1. The van der Waals surface area contributed by atoms with E-state index in [1.54, 1.807) is 19.2 Å². The molecule has 6 heteroatoms. The third-order valence-corrected chi connectivity index (χ3v) is 5.46. The summed E-state index contributed by atoms with van der Waals surface area (Å²) < 4.78 is 24.2. The van der Waals surface area contributed by atoms with Crippen LogP contribution in [0.1, 0.15) is 24.8 Å². The maximum Gasteiger partial charge on any atom is 0.193 e. The number of guanidine groups is 1. The fourth-order valence-corrected chi connectivity index (χ4v) is 3.67. The van der Waals surface area contributed by atoms with E-state index in [-0.39, 0.29) is 11.2 Å². The smallest absolute Gasteiger partial charge is 0.193 e. The van der Waals surface area contributed by atoms with Crippen molar-refractivity contribution in [3.05, 3.63) is 35.6 Å². The van der Waals surface area contributed by atoms with Crippen molar-refractivity contribution in [1.29, 1.82) is 0 Å². The molecule has 0 aromatic heterocycles. The van der Waals surface area contributed by atoms with Gasteiger partial charge < -0.3 is 19.7 Å². The summed E-state index contributed by atoms with van der Waals surface area (Å²) >= 11 is 0. The third kappa shape index (κ3) is 4.74. The Bertz CT molecular complexity index is 619. The van der Waals surface area contributed by atoms with E-state index in [1.165, 1.54) is 6.07 Å². The second kappa shape index (κ2) is 8.82. The molecule has 3 rings (SSSR count). The van der Waals surface area contributed by atoms with E-state index in [1.807, 2.05) is 13.1 Å². The van der Waals surface area contributed by atoms with E-state index in [0.29, 0.717) is 19.1 Å². The third-order valence-electron chi connectivity index (χ3n) is 5.46. The number of likely N-dealkylation sites (tertiary alicyclic amines) is 1. The number of hydrogen-bond acceptors (Lipinski definition) is 3. The Hall–Kier alpha value is -1.66. The van der Waals surface area contributed by atoms with Crippen molar-refractivity contribution in [2.24, 2.45) is 10.9 Å². The van der Waals surface area contributed by atoms with Crippen LogP contribution in [0.2, 0.25) is 0 Å². The lowest BCUT2D eigenvalue weighted by molar-refractivity contribution is 0.0536. The van der Waals surface area contributed by atoms with Crippen LogP contribution in [0.15, 0.2) is 29.3 Å². The van der Waals surface area contributed by atoms with E-state index in [0.717, 1.165) is 57.0 Å². The van der Waals surface area contributed by atoms with Crippen LogP contribution in [0.25, 0.3) is 0 Å². The molecule has 1 aromatic rings. The lowest BCUT2D eigenvalue weighted by Gasteiger charge is -2.24. The van der Waals surface area contributed by atoms with Gasteiger partial charge in [0.1, 0.15) is 5.82 Å². The molecule has 1 aromatic carbocycles. The molecule has 0 bridgehead atoms. The number of benzene rings is 1. The molecule has 1 atom stereocenters. The molecule has 1 aliphatic heterocycles. The van der Waals surface area contributed by atoms with Gasteiger partial charge in [-0.1, -0.05) is 12.1 Å². The highest BCUT2D eigenvalue weighted by Crippen LogP contribution is 2.47. The van der Waals surface area contributed by atoms with Gasteiger partial charge in [0.15, 0.2) is 5.96 Å². The van der Waals surface area contributed by atoms with Gasteiger partial charge in [-0.25, -0.2) is 4.39 Å². The standard InChI is InChI=1S/C20H30FN3O2/c1-22-19(24-9-6-16(13-24)14-26-11-10-25-2)23-15-20(7-8-20)17-4-3-5-18(21)12-17/h3-5,12,16H,6-11,13-15H2,1-2H3,(H,22,23). The maximum absolute atomic E-state index is 13.6. The van der Waals surface area contributed by atoms with Crippen molar-refractivity contribution >= 4 is 5.96 Å². The van der Waals surface area contributed by atoms with Crippen molar-refractivity contribution in [3.8, 4) is 0 Å². The van der Waals surface area contributed by atoms with Crippen LogP contribution < -0.4 is 5.32 Å². The van der Waals surface area contributed by atoms with Gasteiger partial charge in [0.05, 0.1) is 19.8 Å². The summed E-state index contributed by atoms with van der Waals surface area (Å²) in [7, 11) is 3.51. The molecule has 1 aliphatic carbocycles. The number of aliphatic imine (C=N–C) groups is 1. The molecule has 0 spiro atoms. The Kier molecular flexibility index (Phi) is 6.48.